The molecule has 0 bridgehead atoms. The van der Waals surface area contributed by atoms with Crippen LogP contribution in [0.25, 0.3) is 5.52 Å². The Hall–Kier alpha value is -1.83. The van der Waals surface area contributed by atoms with Crippen molar-refractivity contribution in [1.29, 1.82) is 0 Å². The fraction of sp³-hybridized carbons (Fsp3) is 0.650. The molecule has 15 heteroatoms. The highest BCUT2D eigenvalue weighted by atomic mass is 35.5. The average Bonchev–Trinajstić information content (AvgIpc) is 3.60. The lowest BCUT2D eigenvalue weighted by Gasteiger charge is -2.33. The van der Waals surface area contributed by atoms with Gasteiger partial charge in [0.05, 0.1) is 19.3 Å². The first kappa shape index (κ1) is 27.8. The summed E-state index contributed by atoms with van der Waals surface area (Å²) < 4.78 is 12.6. The largest absolute Gasteiger partial charge is 0.393 e. The van der Waals surface area contributed by atoms with Gasteiger partial charge in [-0.05, 0) is 49.4 Å². The number of fused-ring (bicyclic) bond motifs is 1. The van der Waals surface area contributed by atoms with E-state index in [0.717, 1.165) is 24.2 Å². The molecule has 1 saturated heterocycles. The molecule has 0 spiro atoms. The molecule has 9 N–H and O–H groups in total. The molecule has 3 heterocycles. The molecule has 2 fully saturated rings. The van der Waals surface area contributed by atoms with Gasteiger partial charge in [-0.15, -0.1) is 5.10 Å². The Morgan fingerprint density at radius 1 is 1.34 bits per heavy atom. The number of amidine groups is 1. The van der Waals surface area contributed by atoms with Crippen molar-refractivity contribution in [3.05, 3.63) is 23.6 Å². The summed E-state index contributed by atoms with van der Waals surface area (Å²) in [5.41, 5.74) is 8.52. The summed E-state index contributed by atoms with van der Waals surface area (Å²) in [4.78, 5) is 23.2. The van der Waals surface area contributed by atoms with Crippen molar-refractivity contribution >= 4 is 37.1 Å². The zero-order valence-corrected chi connectivity index (χ0v) is 21.0. The number of hydrogen-bond acceptors (Lipinski definition) is 11. The summed E-state index contributed by atoms with van der Waals surface area (Å²) in [6.07, 6.45) is 8.43. The molecule has 4 rings (SSSR count). The van der Waals surface area contributed by atoms with E-state index in [9.17, 15) is 14.9 Å². The topological polar surface area (TPSA) is 198 Å². The van der Waals surface area contributed by atoms with E-state index < -0.39 is 20.3 Å². The summed E-state index contributed by atoms with van der Waals surface area (Å²) in [5, 5.41) is 19.2. The van der Waals surface area contributed by atoms with E-state index in [-0.39, 0.29) is 30.3 Å². The molecular weight excluding hydrogens is 499 g/mol. The van der Waals surface area contributed by atoms with Gasteiger partial charge in [0.25, 0.3) is 0 Å². The van der Waals surface area contributed by atoms with Crippen LogP contribution >= 0.6 is 20.0 Å². The summed E-state index contributed by atoms with van der Waals surface area (Å²) >= 11 is 5.88. The maximum Gasteiger partial charge on any atom is 0.243 e. The Kier molecular flexibility index (Phi) is 10.7. The van der Waals surface area contributed by atoms with Crippen LogP contribution in [-0.2, 0) is 9.47 Å². The van der Waals surface area contributed by atoms with Crippen LogP contribution in [0.3, 0.4) is 0 Å². The van der Waals surface area contributed by atoms with Crippen LogP contribution in [0.2, 0.25) is 5.28 Å². The Labute approximate surface area is 209 Å². The molecule has 1 aliphatic carbocycles. The summed E-state index contributed by atoms with van der Waals surface area (Å²) in [5.74, 6) is 5.82. The SMILES string of the molecule is Clc1nc(NC2CCCC2)c2cccn2n1.NN/N=C(\N)CC(CO)(OCC1CCCO1)P(O)O. The van der Waals surface area contributed by atoms with Crippen molar-refractivity contribution in [2.45, 2.75) is 62.4 Å². The molecular formula is C20H34ClN8O5P. The van der Waals surface area contributed by atoms with Crippen LogP contribution in [0.4, 0.5) is 5.82 Å². The second-order valence-electron chi connectivity index (χ2n) is 8.44. The number of aliphatic hydroxyl groups is 1. The van der Waals surface area contributed by atoms with Crippen molar-refractivity contribution in [2.24, 2.45) is 16.7 Å². The van der Waals surface area contributed by atoms with Gasteiger partial charge in [0, 0.05) is 25.3 Å². The van der Waals surface area contributed by atoms with E-state index >= 15 is 0 Å². The molecule has 13 nitrogen and oxygen atoms in total. The smallest absolute Gasteiger partial charge is 0.243 e. The molecule has 1 aliphatic heterocycles. The summed E-state index contributed by atoms with van der Waals surface area (Å²) in [7, 11) is -2.57. The number of halogens is 1. The standard InChI is InChI=1S/C11H13ClN4.C9H21N4O5P/c12-11-14-10(13-8-4-1-2-5-8)9-6-3-7-16(9)15-11;10-8(12-13-11)4-9(6-14,19(15)16)18-5-7-2-1-3-17-7/h3,6-8H,1-2,4-5H2,(H,13,14,15);7,13-16H,1-6,11H2,(H2,10,12). The van der Waals surface area contributed by atoms with Crippen LogP contribution < -0.4 is 22.4 Å². The van der Waals surface area contributed by atoms with Gasteiger partial charge >= 0.3 is 0 Å². The van der Waals surface area contributed by atoms with Gasteiger partial charge in [-0.2, -0.15) is 10.1 Å². The fourth-order valence-corrected chi connectivity index (χ4v) is 4.84. The second-order valence-corrected chi connectivity index (χ2v) is 10.2. The fourth-order valence-electron chi connectivity index (χ4n) is 4.05. The number of aliphatic hydroxyl groups excluding tert-OH is 1. The minimum Gasteiger partial charge on any atom is -0.393 e. The Bertz CT molecular complexity index is 955. The molecule has 0 radical (unpaired) electrons. The molecule has 196 valence electrons. The van der Waals surface area contributed by atoms with Gasteiger partial charge in [0.15, 0.2) is 11.2 Å². The normalized spacial score (nSPS) is 20.6. The van der Waals surface area contributed by atoms with Gasteiger partial charge in [-0.25, -0.2) is 15.9 Å². The lowest BCUT2D eigenvalue weighted by molar-refractivity contribution is -0.0649. The summed E-state index contributed by atoms with van der Waals surface area (Å²) in [6.45, 7) is 0.219. The molecule has 0 amide bonds. The Morgan fingerprint density at radius 2 is 2.11 bits per heavy atom. The molecule has 2 aromatic heterocycles. The van der Waals surface area contributed by atoms with E-state index in [0.29, 0.717) is 12.6 Å². The molecule has 1 saturated carbocycles. The maximum atomic E-state index is 9.49. The van der Waals surface area contributed by atoms with Gasteiger partial charge in [-0.1, -0.05) is 12.8 Å². The number of hydrazone groups is 1. The van der Waals surface area contributed by atoms with E-state index in [4.69, 9.17) is 32.7 Å². The van der Waals surface area contributed by atoms with Gasteiger partial charge < -0.3 is 35.4 Å². The Morgan fingerprint density at radius 3 is 2.74 bits per heavy atom. The van der Waals surface area contributed by atoms with Crippen molar-refractivity contribution in [1.82, 2.24) is 20.1 Å². The first-order valence-corrected chi connectivity index (χ1v) is 13.1. The van der Waals surface area contributed by atoms with Crippen LogP contribution in [0.5, 0.6) is 0 Å². The van der Waals surface area contributed by atoms with Crippen LogP contribution in [0, 0.1) is 0 Å². The highest BCUT2D eigenvalue weighted by Gasteiger charge is 2.41. The third-order valence-corrected chi connectivity index (χ3v) is 7.22. The number of nitrogens with one attached hydrogen (secondary N) is 2. The van der Waals surface area contributed by atoms with Gasteiger partial charge in [0.2, 0.25) is 13.7 Å². The van der Waals surface area contributed by atoms with Gasteiger partial charge in [0.1, 0.15) is 11.4 Å². The lowest BCUT2D eigenvalue weighted by Crippen LogP contribution is -2.42. The third kappa shape index (κ3) is 7.83. The summed E-state index contributed by atoms with van der Waals surface area (Å²) in [6, 6.07) is 4.47. The molecule has 2 atom stereocenters. The quantitative estimate of drug-likeness (QED) is 0.0758. The van der Waals surface area contributed by atoms with Crippen molar-refractivity contribution in [2.75, 3.05) is 25.1 Å². The average molecular weight is 533 g/mol. The van der Waals surface area contributed by atoms with E-state index in [1.807, 2.05) is 23.9 Å². The van der Waals surface area contributed by atoms with Crippen LogP contribution in [-0.4, -0.2) is 72.6 Å². The van der Waals surface area contributed by atoms with Crippen molar-refractivity contribution < 1.29 is 24.4 Å². The molecule has 2 unspecified atom stereocenters. The van der Waals surface area contributed by atoms with E-state index in [1.165, 1.54) is 25.7 Å². The van der Waals surface area contributed by atoms with Crippen molar-refractivity contribution in [3.8, 4) is 0 Å². The number of anilines is 1. The zero-order valence-electron chi connectivity index (χ0n) is 19.4. The third-order valence-electron chi connectivity index (χ3n) is 5.90. The molecule has 0 aromatic carbocycles. The highest BCUT2D eigenvalue weighted by molar-refractivity contribution is 7.46. The van der Waals surface area contributed by atoms with E-state index in [1.54, 1.807) is 4.52 Å². The number of hydrogen-bond donors (Lipinski definition) is 7. The number of rotatable bonds is 10. The van der Waals surface area contributed by atoms with Crippen LogP contribution in [0.1, 0.15) is 44.9 Å². The second kappa shape index (κ2) is 13.5. The number of hydrazine groups is 1. The lowest BCUT2D eigenvalue weighted by atomic mass is 10.2. The number of nitrogens with zero attached hydrogens (tertiary/aromatic N) is 4. The predicted octanol–water partition coefficient (Wildman–Crippen LogP) is 1.03. The first-order chi connectivity index (χ1) is 16.9. The predicted molar refractivity (Wildman–Crippen MR) is 134 cm³/mol. The monoisotopic (exact) mass is 532 g/mol. The molecule has 35 heavy (non-hydrogen) atoms. The zero-order chi connectivity index (χ0) is 25.3. The minimum absolute atomic E-state index is 0.000472. The number of nitrogens with two attached hydrogens (primary N) is 2. The highest BCUT2D eigenvalue weighted by Crippen LogP contribution is 2.45. The maximum absolute atomic E-state index is 9.49. The Balaban J connectivity index is 0.000000197. The van der Waals surface area contributed by atoms with Crippen molar-refractivity contribution in [3.63, 3.8) is 0 Å². The first-order valence-electron chi connectivity index (χ1n) is 11.5. The minimum atomic E-state index is -2.57. The van der Waals surface area contributed by atoms with Crippen LogP contribution in [0.15, 0.2) is 23.4 Å². The van der Waals surface area contributed by atoms with E-state index in [2.05, 4.69) is 20.5 Å². The van der Waals surface area contributed by atoms with Gasteiger partial charge in [-0.3, -0.25) is 0 Å². The number of ether oxygens (including phenoxy) is 2. The number of aromatic nitrogens is 3. The molecule has 2 aromatic rings. The molecule has 2 aliphatic rings.